The fourth-order valence-electron chi connectivity index (χ4n) is 9.44. The number of rotatable bonds is 12. The highest BCUT2D eigenvalue weighted by molar-refractivity contribution is 6.19. The summed E-state index contributed by atoms with van der Waals surface area (Å²) in [7, 11) is 0. The van der Waals surface area contributed by atoms with E-state index in [1.807, 2.05) is 36.4 Å². The van der Waals surface area contributed by atoms with E-state index in [0.717, 1.165) is 21.9 Å². The molecule has 1 saturated carbocycles. The number of anilines is 2. The van der Waals surface area contributed by atoms with Crippen LogP contribution in [0.15, 0.2) is 60.7 Å². The van der Waals surface area contributed by atoms with Crippen LogP contribution in [-0.2, 0) is 14.3 Å². The van der Waals surface area contributed by atoms with Gasteiger partial charge < -0.3 is 64.9 Å². The zero-order chi connectivity index (χ0) is 43.3. The Balaban J connectivity index is 1.01. The highest BCUT2D eigenvalue weighted by Crippen LogP contribution is 2.48. The van der Waals surface area contributed by atoms with Gasteiger partial charge in [0.2, 0.25) is 18.1 Å². The fourth-order valence-corrected chi connectivity index (χ4v) is 9.94. The number of nitrogens with zero attached hydrogens (tertiary/aromatic N) is 2. The van der Waals surface area contributed by atoms with Crippen molar-refractivity contribution >= 4 is 67.9 Å². The number of hydrogen-bond donors (Lipinski definition) is 8. The number of aliphatic hydroxyl groups is 8. The molecule has 2 amide bonds. The maximum atomic E-state index is 14.1. The Labute approximate surface area is 361 Å². The van der Waals surface area contributed by atoms with Gasteiger partial charge in [0.1, 0.15) is 54.2 Å². The quantitative estimate of drug-likeness (QED) is 0.0957. The lowest BCUT2D eigenvalue weighted by molar-refractivity contribution is -0.277. The number of ether oxygens (including phenoxy) is 3. The number of carbonyl (C=O) groups excluding carboxylic acids is 2. The average molecular weight is 886 g/mol. The molecule has 4 aliphatic rings. The topological polar surface area (TPSA) is 230 Å². The number of carbonyl (C=O) groups is 2. The molecule has 1 saturated heterocycles. The Bertz CT molecular complexity index is 2110. The summed E-state index contributed by atoms with van der Waals surface area (Å²) in [5, 5.41) is 85.7. The smallest absolute Gasteiger partial charge is 0.229 e. The molecular weight excluding hydrogens is 835 g/mol. The van der Waals surface area contributed by atoms with Crippen molar-refractivity contribution in [1.82, 2.24) is 0 Å². The van der Waals surface area contributed by atoms with Gasteiger partial charge in [-0.05, 0) is 34.7 Å². The number of halogens is 2. The Morgan fingerprint density at radius 1 is 0.639 bits per heavy atom. The Morgan fingerprint density at radius 3 is 1.62 bits per heavy atom. The summed E-state index contributed by atoms with van der Waals surface area (Å²) in [6.07, 6.45) is -12.4. The van der Waals surface area contributed by atoms with E-state index in [1.165, 1.54) is 0 Å². The van der Waals surface area contributed by atoms with Crippen LogP contribution in [0.5, 0.6) is 11.5 Å². The zero-order valence-electron chi connectivity index (χ0n) is 33.0. The molecule has 15 nitrogen and oxygen atoms in total. The summed E-state index contributed by atoms with van der Waals surface area (Å²) < 4.78 is 18.1. The molecule has 8 rings (SSSR count). The normalized spacial score (nSPS) is 31.0. The van der Waals surface area contributed by atoms with E-state index in [-0.39, 0.29) is 73.4 Å². The molecular formula is C44H50Cl2N2O13. The lowest BCUT2D eigenvalue weighted by Gasteiger charge is -2.39. The monoisotopic (exact) mass is 884 g/mol. The number of hydrogen-bond acceptors (Lipinski definition) is 13. The van der Waals surface area contributed by atoms with Gasteiger partial charge in [-0.25, -0.2) is 0 Å². The van der Waals surface area contributed by atoms with Crippen molar-refractivity contribution in [3.05, 3.63) is 71.8 Å². The van der Waals surface area contributed by atoms with Crippen LogP contribution in [0.3, 0.4) is 0 Å². The molecule has 10 unspecified atom stereocenters. The molecule has 61 heavy (non-hydrogen) atoms. The second-order valence-corrected chi connectivity index (χ2v) is 17.0. The SMILES string of the molecule is O=C(CCCC(=O)N1C[C@@H](CCl)c2c1cc(OC1OC(CO)C(O)C(O)C1O)c1ccccc21)N1C[C@@H](CCl)c2c1cc(OC1CC(CO)C(O)C(O)C1O)c1ccccc21. The van der Waals surface area contributed by atoms with Crippen LogP contribution in [0, 0.1) is 5.92 Å². The van der Waals surface area contributed by atoms with Crippen molar-refractivity contribution in [3.8, 4) is 11.5 Å². The van der Waals surface area contributed by atoms with Crippen LogP contribution in [0.4, 0.5) is 11.4 Å². The van der Waals surface area contributed by atoms with Crippen molar-refractivity contribution < 1.29 is 64.7 Å². The molecule has 0 aromatic heterocycles. The van der Waals surface area contributed by atoms with Gasteiger partial charge >= 0.3 is 0 Å². The van der Waals surface area contributed by atoms with Gasteiger partial charge in [-0.3, -0.25) is 9.59 Å². The summed E-state index contributed by atoms with van der Waals surface area (Å²) >= 11 is 13.0. The molecule has 8 N–H and O–H groups in total. The number of fused-ring (bicyclic) bond motifs is 6. The van der Waals surface area contributed by atoms with Crippen molar-refractivity contribution in [2.24, 2.45) is 5.92 Å². The van der Waals surface area contributed by atoms with Crippen molar-refractivity contribution in [2.45, 2.75) is 92.6 Å². The first-order valence-electron chi connectivity index (χ1n) is 20.5. The third kappa shape index (κ3) is 7.93. The highest BCUT2D eigenvalue weighted by atomic mass is 35.5. The Kier molecular flexibility index (Phi) is 13.0. The molecule has 4 aromatic rings. The molecule has 17 heteroatoms. The van der Waals surface area contributed by atoms with E-state index in [9.17, 15) is 50.4 Å². The molecule has 328 valence electrons. The molecule has 2 fully saturated rings. The van der Waals surface area contributed by atoms with Gasteiger partial charge in [0, 0.05) is 85.0 Å². The maximum Gasteiger partial charge on any atom is 0.229 e. The summed E-state index contributed by atoms with van der Waals surface area (Å²) in [4.78, 5) is 31.4. The molecule has 0 radical (unpaired) electrons. The number of alkyl halides is 2. The van der Waals surface area contributed by atoms with Gasteiger partial charge in [0.25, 0.3) is 0 Å². The van der Waals surface area contributed by atoms with Crippen molar-refractivity contribution in [2.75, 3.05) is 47.9 Å². The number of aliphatic hydroxyl groups excluding tert-OH is 8. The Morgan fingerprint density at radius 2 is 1.13 bits per heavy atom. The largest absolute Gasteiger partial charge is 0.487 e. The van der Waals surface area contributed by atoms with Crippen LogP contribution >= 0.6 is 23.2 Å². The van der Waals surface area contributed by atoms with E-state index in [2.05, 4.69) is 0 Å². The number of amides is 2. The van der Waals surface area contributed by atoms with Gasteiger partial charge in [0.15, 0.2) is 0 Å². The second-order valence-electron chi connectivity index (χ2n) is 16.4. The summed E-state index contributed by atoms with van der Waals surface area (Å²) in [5.41, 5.74) is 2.82. The lowest BCUT2D eigenvalue weighted by Crippen LogP contribution is -2.60. The highest BCUT2D eigenvalue weighted by Gasteiger charge is 2.46. The first kappa shape index (κ1) is 43.8. The minimum absolute atomic E-state index is 0.0153. The van der Waals surface area contributed by atoms with Crippen LogP contribution < -0.4 is 19.3 Å². The lowest BCUT2D eigenvalue weighted by atomic mass is 9.81. The van der Waals surface area contributed by atoms with Crippen LogP contribution in [0.2, 0.25) is 0 Å². The van der Waals surface area contributed by atoms with Gasteiger partial charge in [-0.15, -0.1) is 23.2 Å². The standard InChI is InChI=1S/C44H50Cl2N2O13/c45-15-22-17-47(28-13-30(24-6-1-3-8-26(24)36(22)28)59-32-12-21(19-49)38(53)41(56)39(32)54)34(51)10-5-11-35(52)48-18-23(16-46)37-27-9-4-2-7-25(27)31(14-29(37)48)60-44-43(58)42(57)40(55)33(20-50)61-44/h1-4,6-9,13-14,21-23,32-33,38-44,49-50,53-58H,5,10-12,15-20H2/t21?,22-,23-,32?,33?,38?,39?,40?,41?,42?,43?,44?/m1/s1. The fraction of sp³-hybridized carbons (Fsp3) is 0.500. The van der Waals surface area contributed by atoms with E-state index in [4.69, 9.17) is 37.4 Å². The third-order valence-corrected chi connectivity index (χ3v) is 13.5. The van der Waals surface area contributed by atoms with Gasteiger partial charge in [-0.2, -0.15) is 0 Å². The van der Waals surface area contributed by atoms with Crippen LogP contribution in [-0.4, -0.2) is 146 Å². The van der Waals surface area contributed by atoms with Gasteiger partial charge in [-0.1, -0.05) is 48.5 Å². The van der Waals surface area contributed by atoms with Crippen molar-refractivity contribution in [1.29, 1.82) is 0 Å². The van der Waals surface area contributed by atoms with Gasteiger partial charge in [0.05, 0.1) is 24.1 Å². The summed E-state index contributed by atoms with van der Waals surface area (Å²) in [6, 6.07) is 18.2. The predicted octanol–water partition coefficient (Wildman–Crippen LogP) is 2.22. The van der Waals surface area contributed by atoms with E-state index >= 15 is 0 Å². The molecule has 4 aromatic carbocycles. The first-order chi connectivity index (χ1) is 29.4. The molecule has 0 spiro atoms. The minimum Gasteiger partial charge on any atom is -0.487 e. The average Bonchev–Trinajstić information content (AvgIpc) is 3.85. The zero-order valence-corrected chi connectivity index (χ0v) is 34.6. The minimum atomic E-state index is -1.65. The van der Waals surface area contributed by atoms with E-state index < -0.39 is 74.3 Å². The molecule has 1 aliphatic carbocycles. The first-order valence-corrected chi connectivity index (χ1v) is 21.6. The Hall–Kier alpha value is -3.84. The van der Waals surface area contributed by atoms with Crippen molar-refractivity contribution in [3.63, 3.8) is 0 Å². The summed E-state index contributed by atoms with van der Waals surface area (Å²) in [6.45, 7) is -0.467. The van der Waals surface area contributed by atoms with Crippen LogP contribution in [0.1, 0.15) is 48.6 Å². The third-order valence-electron chi connectivity index (χ3n) is 12.7. The predicted molar refractivity (Wildman–Crippen MR) is 225 cm³/mol. The molecule has 3 aliphatic heterocycles. The molecule has 12 atom stereocenters. The molecule has 0 bridgehead atoms. The maximum absolute atomic E-state index is 14.1. The van der Waals surface area contributed by atoms with E-state index in [1.54, 1.807) is 34.1 Å². The van der Waals surface area contributed by atoms with Crippen LogP contribution in [0.25, 0.3) is 21.5 Å². The van der Waals surface area contributed by atoms with E-state index in [0.29, 0.717) is 34.4 Å². The second kappa shape index (κ2) is 18.1. The number of benzene rings is 4. The summed E-state index contributed by atoms with van der Waals surface area (Å²) in [5.74, 6) is -0.607. The molecule has 3 heterocycles.